The predicted octanol–water partition coefficient (Wildman–Crippen LogP) is 1.28. The maximum atomic E-state index is 5.30. The van der Waals surface area contributed by atoms with Gasteiger partial charge in [-0.1, -0.05) is 0 Å². The number of ether oxygens (including phenoxy) is 1. The van der Waals surface area contributed by atoms with Crippen LogP contribution in [-0.2, 0) is 11.2 Å². The molecule has 12 heavy (non-hydrogen) atoms. The van der Waals surface area contributed by atoms with E-state index in [0.29, 0.717) is 0 Å². The van der Waals surface area contributed by atoms with Crippen molar-refractivity contribution in [2.75, 3.05) is 6.54 Å². The monoisotopic (exact) mass is 165 g/mol. The Morgan fingerprint density at radius 1 is 1.58 bits per heavy atom. The van der Waals surface area contributed by atoms with Crippen LogP contribution in [0, 0.1) is 0 Å². The lowest BCUT2D eigenvalue weighted by molar-refractivity contribution is 0.0981. The highest BCUT2D eigenvalue weighted by Crippen LogP contribution is 2.06. The minimum Gasteiger partial charge on any atom is -0.483 e. The fourth-order valence-electron chi connectivity index (χ4n) is 1.18. The Labute approximate surface area is 71.0 Å². The first-order valence-corrected chi connectivity index (χ1v) is 4.01. The smallest absolute Gasteiger partial charge is 0.156 e. The largest absolute Gasteiger partial charge is 0.483 e. The van der Waals surface area contributed by atoms with E-state index in [0.717, 1.165) is 18.7 Å². The van der Waals surface area contributed by atoms with E-state index in [1.807, 2.05) is 18.2 Å². The average molecular weight is 165 g/mol. The Hall–Kier alpha value is -1.22. The predicted molar refractivity (Wildman–Crippen MR) is 44.4 cm³/mol. The molecule has 1 aliphatic heterocycles. The van der Waals surface area contributed by atoms with Crippen LogP contribution in [0.2, 0.25) is 0 Å². The minimum absolute atomic E-state index is 0.0566. The molecule has 0 bridgehead atoms. The summed E-state index contributed by atoms with van der Waals surface area (Å²) in [4.78, 5) is 0. The lowest BCUT2D eigenvalue weighted by atomic mass is 10.3. The Bertz CT molecular complexity index is 254. The van der Waals surface area contributed by atoms with E-state index in [4.69, 9.17) is 9.15 Å². The molecule has 0 fully saturated rings. The number of rotatable bonds is 2. The van der Waals surface area contributed by atoms with Crippen LogP contribution in [0.1, 0.15) is 5.76 Å². The van der Waals surface area contributed by atoms with E-state index in [9.17, 15) is 0 Å². The van der Waals surface area contributed by atoms with Crippen LogP contribution in [0.4, 0.5) is 0 Å². The van der Waals surface area contributed by atoms with Crippen LogP contribution in [0.3, 0.4) is 0 Å². The third-order valence-electron chi connectivity index (χ3n) is 1.77. The van der Waals surface area contributed by atoms with Gasteiger partial charge in [0.2, 0.25) is 0 Å². The van der Waals surface area contributed by atoms with E-state index in [2.05, 4.69) is 5.32 Å². The van der Waals surface area contributed by atoms with Gasteiger partial charge in [-0.15, -0.1) is 0 Å². The summed E-state index contributed by atoms with van der Waals surface area (Å²) in [6, 6.07) is 3.83. The van der Waals surface area contributed by atoms with Gasteiger partial charge in [0.1, 0.15) is 5.76 Å². The van der Waals surface area contributed by atoms with Crippen LogP contribution < -0.4 is 5.32 Å². The van der Waals surface area contributed by atoms with Gasteiger partial charge in [-0.2, -0.15) is 0 Å². The van der Waals surface area contributed by atoms with Crippen molar-refractivity contribution >= 4 is 0 Å². The first-order valence-electron chi connectivity index (χ1n) is 4.01. The van der Waals surface area contributed by atoms with Crippen molar-refractivity contribution in [2.24, 2.45) is 0 Å². The zero-order valence-electron chi connectivity index (χ0n) is 6.69. The van der Waals surface area contributed by atoms with Crippen molar-refractivity contribution in [1.29, 1.82) is 0 Å². The minimum atomic E-state index is 0.0566. The summed E-state index contributed by atoms with van der Waals surface area (Å²) in [5, 5.41) is 3.19. The molecule has 1 aromatic heterocycles. The summed E-state index contributed by atoms with van der Waals surface area (Å²) in [7, 11) is 0. The van der Waals surface area contributed by atoms with Gasteiger partial charge < -0.3 is 9.15 Å². The third-order valence-corrected chi connectivity index (χ3v) is 1.77. The molecule has 0 amide bonds. The fraction of sp³-hybridized carbons (Fsp3) is 0.333. The Morgan fingerprint density at radius 3 is 3.25 bits per heavy atom. The lowest BCUT2D eigenvalue weighted by Gasteiger charge is -2.19. The van der Waals surface area contributed by atoms with Crippen molar-refractivity contribution in [1.82, 2.24) is 5.32 Å². The van der Waals surface area contributed by atoms with Crippen LogP contribution in [0.25, 0.3) is 0 Å². The van der Waals surface area contributed by atoms with Gasteiger partial charge in [0, 0.05) is 6.54 Å². The summed E-state index contributed by atoms with van der Waals surface area (Å²) in [6.07, 6.45) is 6.18. The molecular weight excluding hydrogens is 154 g/mol. The Morgan fingerprint density at radius 2 is 2.58 bits per heavy atom. The molecule has 0 aromatic carbocycles. The highest BCUT2D eigenvalue weighted by Gasteiger charge is 2.11. The molecule has 2 rings (SSSR count). The SMILES string of the molecule is C1=COC(Cc2ccco2)NC1. The first kappa shape index (κ1) is 7.43. The van der Waals surface area contributed by atoms with Crippen LogP contribution >= 0.6 is 0 Å². The average Bonchev–Trinajstić information content (AvgIpc) is 2.59. The topological polar surface area (TPSA) is 34.4 Å². The second kappa shape index (κ2) is 3.45. The zero-order valence-corrected chi connectivity index (χ0v) is 6.69. The molecule has 3 nitrogen and oxygen atoms in total. The normalized spacial score (nSPS) is 22.2. The van der Waals surface area contributed by atoms with E-state index < -0.39 is 0 Å². The van der Waals surface area contributed by atoms with Crippen molar-refractivity contribution in [3.8, 4) is 0 Å². The van der Waals surface area contributed by atoms with E-state index in [1.165, 1.54) is 0 Å². The van der Waals surface area contributed by atoms with Crippen molar-refractivity contribution in [2.45, 2.75) is 12.6 Å². The van der Waals surface area contributed by atoms with Crippen molar-refractivity contribution in [3.63, 3.8) is 0 Å². The molecule has 1 unspecified atom stereocenters. The maximum Gasteiger partial charge on any atom is 0.156 e. The molecule has 1 aromatic rings. The standard InChI is InChI=1S/C9H11NO2/c1-3-8(11-5-1)7-9-10-4-2-6-12-9/h1-3,5-6,9-10H,4,7H2. The molecule has 1 atom stereocenters. The summed E-state index contributed by atoms with van der Waals surface area (Å²) in [5.41, 5.74) is 0. The Kier molecular flexibility index (Phi) is 2.14. The number of hydrogen-bond donors (Lipinski definition) is 1. The van der Waals surface area contributed by atoms with Crippen LogP contribution in [0.15, 0.2) is 35.2 Å². The van der Waals surface area contributed by atoms with E-state index in [-0.39, 0.29) is 6.23 Å². The molecule has 0 saturated carbocycles. The quantitative estimate of drug-likeness (QED) is 0.716. The second-order valence-corrected chi connectivity index (χ2v) is 2.69. The second-order valence-electron chi connectivity index (χ2n) is 2.69. The molecule has 0 saturated heterocycles. The molecule has 0 spiro atoms. The third kappa shape index (κ3) is 1.68. The lowest BCUT2D eigenvalue weighted by Crippen LogP contribution is -2.34. The zero-order chi connectivity index (χ0) is 8.23. The van der Waals surface area contributed by atoms with Crippen LogP contribution in [0.5, 0.6) is 0 Å². The number of nitrogens with one attached hydrogen (secondary N) is 1. The van der Waals surface area contributed by atoms with Crippen molar-refractivity contribution < 1.29 is 9.15 Å². The molecule has 0 radical (unpaired) electrons. The van der Waals surface area contributed by atoms with Gasteiger partial charge in [-0.25, -0.2) is 0 Å². The summed E-state index contributed by atoms with van der Waals surface area (Å²) in [5.74, 6) is 0.947. The van der Waals surface area contributed by atoms with Crippen molar-refractivity contribution in [3.05, 3.63) is 36.5 Å². The van der Waals surface area contributed by atoms with Gasteiger partial charge >= 0.3 is 0 Å². The summed E-state index contributed by atoms with van der Waals surface area (Å²) >= 11 is 0. The van der Waals surface area contributed by atoms with E-state index in [1.54, 1.807) is 12.5 Å². The molecule has 3 heteroatoms. The maximum absolute atomic E-state index is 5.30. The van der Waals surface area contributed by atoms with Gasteiger partial charge in [0.05, 0.1) is 18.9 Å². The molecule has 0 aliphatic carbocycles. The molecular formula is C9H11NO2. The van der Waals surface area contributed by atoms with Gasteiger partial charge in [0.25, 0.3) is 0 Å². The molecule has 1 aliphatic rings. The first-order chi connectivity index (χ1) is 5.95. The van der Waals surface area contributed by atoms with Gasteiger partial charge in [-0.05, 0) is 18.2 Å². The Balaban J connectivity index is 1.91. The van der Waals surface area contributed by atoms with Crippen LogP contribution in [-0.4, -0.2) is 12.8 Å². The summed E-state index contributed by atoms with van der Waals surface area (Å²) < 4.78 is 10.5. The molecule has 2 heterocycles. The van der Waals surface area contributed by atoms with E-state index >= 15 is 0 Å². The number of hydrogen-bond acceptors (Lipinski definition) is 3. The highest BCUT2D eigenvalue weighted by molar-refractivity contribution is 5.00. The van der Waals surface area contributed by atoms with Gasteiger partial charge in [-0.3, -0.25) is 5.32 Å². The molecule has 64 valence electrons. The fourth-order valence-corrected chi connectivity index (χ4v) is 1.18. The number of furan rings is 1. The summed E-state index contributed by atoms with van der Waals surface area (Å²) in [6.45, 7) is 0.866. The molecule has 1 N–H and O–H groups in total. The highest BCUT2D eigenvalue weighted by atomic mass is 16.5. The van der Waals surface area contributed by atoms with Gasteiger partial charge in [0.15, 0.2) is 6.23 Å².